The summed E-state index contributed by atoms with van der Waals surface area (Å²) < 4.78 is 4.49. The molecule has 3 heterocycles. The lowest BCUT2D eigenvalue weighted by Gasteiger charge is -2.30. The summed E-state index contributed by atoms with van der Waals surface area (Å²) >= 11 is 0. The Morgan fingerprint density at radius 2 is 0.864 bits per heavy atom. The van der Waals surface area contributed by atoms with Gasteiger partial charge in [0, 0.05) is 33.2 Å². The topological polar surface area (TPSA) is 59.4 Å². The van der Waals surface area contributed by atoms with E-state index in [1.807, 2.05) is 6.07 Å². The van der Waals surface area contributed by atoms with E-state index < -0.39 is 5.41 Å². The molecule has 272 valence electrons. The van der Waals surface area contributed by atoms with E-state index in [0.29, 0.717) is 11.5 Å². The molecule has 11 aromatic rings. The van der Waals surface area contributed by atoms with Gasteiger partial charge < -0.3 is 0 Å². The molecule has 2 aliphatic rings. The third-order valence-electron chi connectivity index (χ3n) is 12.8. The number of para-hydroxylation sites is 4. The molecule has 0 fully saturated rings. The first-order valence-corrected chi connectivity index (χ1v) is 20.0. The Morgan fingerprint density at radius 1 is 0.407 bits per heavy atom. The summed E-state index contributed by atoms with van der Waals surface area (Å²) in [6.07, 6.45) is 0. The summed E-state index contributed by atoms with van der Waals surface area (Å²) in [5.41, 5.74) is 15.7. The quantitative estimate of drug-likeness (QED) is 0.181. The fourth-order valence-electron chi connectivity index (χ4n) is 10.5. The highest BCUT2D eigenvalue weighted by Crippen LogP contribution is 2.63. The molecule has 0 bridgehead atoms. The van der Waals surface area contributed by atoms with Crippen molar-refractivity contribution in [3.05, 3.63) is 216 Å². The number of hydrogen-bond acceptors (Lipinski definition) is 3. The second-order valence-corrected chi connectivity index (χ2v) is 15.6. The number of benzene rings is 8. The first-order valence-electron chi connectivity index (χ1n) is 20.0. The molecule has 8 aromatic carbocycles. The molecule has 0 aliphatic heterocycles. The monoisotopic (exact) mass is 749 g/mol. The van der Waals surface area contributed by atoms with Gasteiger partial charge in [-0.1, -0.05) is 140 Å². The van der Waals surface area contributed by atoms with Crippen molar-refractivity contribution in [3.8, 4) is 51.3 Å². The van der Waals surface area contributed by atoms with Gasteiger partial charge in [-0.15, -0.1) is 0 Å². The van der Waals surface area contributed by atoms with Crippen LogP contribution in [0.3, 0.4) is 0 Å². The maximum absolute atomic E-state index is 10.2. The minimum Gasteiger partial charge on any atom is -0.294 e. The van der Waals surface area contributed by atoms with Gasteiger partial charge in [0.15, 0.2) is 0 Å². The van der Waals surface area contributed by atoms with Crippen LogP contribution in [0.2, 0.25) is 0 Å². The molecule has 0 amide bonds. The Balaban J connectivity index is 1.13. The summed E-state index contributed by atoms with van der Waals surface area (Å²) in [4.78, 5) is 11.0. The van der Waals surface area contributed by atoms with Crippen LogP contribution in [0.4, 0.5) is 0 Å². The van der Waals surface area contributed by atoms with E-state index >= 15 is 0 Å². The number of nitrogens with zero attached hydrogens (tertiary/aromatic N) is 5. The van der Waals surface area contributed by atoms with Crippen LogP contribution in [-0.2, 0) is 5.41 Å². The van der Waals surface area contributed by atoms with Gasteiger partial charge in [0.1, 0.15) is 5.82 Å². The van der Waals surface area contributed by atoms with Gasteiger partial charge in [0.2, 0.25) is 5.95 Å². The van der Waals surface area contributed by atoms with E-state index in [-0.39, 0.29) is 0 Å². The van der Waals surface area contributed by atoms with Gasteiger partial charge in [-0.2, -0.15) is 10.2 Å². The zero-order chi connectivity index (χ0) is 38.8. The van der Waals surface area contributed by atoms with Crippen LogP contribution in [-0.4, -0.2) is 19.1 Å². The number of rotatable bonds is 3. The highest BCUT2D eigenvalue weighted by atomic mass is 15.2. The molecular weight excluding hydrogens is 719 g/mol. The second kappa shape index (κ2) is 11.7. The van der Waals surface area contributed by atoms with Crippen LogP contribution in [0.15, 0.2) is 188 Å². The summed E-state index contributed by atoms with van der Waals surface area (Å²) in [6, 6.07) is 69.3. The Hall–Kier alpha value is -8.07. The minimum absolute atomic E-state index is 0.602. The fourth-order valence-corrected chi connectivity index (χ4v) is 10.5. The average Bonchev–Trinajstić information content (AvgIpc) is 4.01. The van der Waals surface area contributed by atoms with Crippen LogP contribution in [0.1, 0.15) is 27.8 Å². The predicted octanol–water partition coefficient (Wildman–Crippen LogP) is 12.6. The average molecular weight is 750 g/mol. The molecule has 0 atom stereocenters. The molecular formula is C54H31N5. The van der Waals surface area contributed by atoms with E-state index in [0.717, 1.165) is 61.0 Å². The van der Waals surface area contributed by atoms with Gasteiger partial charge in [-0.3, -0.25) is 9.13 Å². The van der Waals surface area contributed by atoms with Gasteiger partial charge in [0.05, 0.1) is 44.8 Å². The van der Waals surface area contributed by atoms with Crippen molar-refractivity contribution in [3.63, 3.8) is 0 Å². The van der Waals surface area contributed by atoms with E-state index in [1.54, 1.807) is 0 Å². The molecule has 2 aliphatic carbocycles. The van der Waals surface area contributed by atoms with Gasteiger partial charge >= 0.3 is 0 Å². The molecule has 0 saturated carbocycles. The summed E-state index contributed by atoms with van der Waals surface area (Å²) in [5.74, 6) is 1.39. The maximum Gasteiger partial charge on any atom is 0.237 e. The lowest BCUT2D eigenvalue weighted by molar-refractivity contribution is 0.793. The maximum atomic E-state index is 10.2. The van der Waals surface area contributed by atoms with Crippen molar-refractivity contribution >= 4 is 43.6 Å². The molecule has 5 heteroatoms. The number of hydrogen-bond donors (Lipinski definition) is 0. The van der Waals surface area contributed by atoms with Gasteiger partial charge in [-0.05, 0) is 87.0 Å². The number of nitriles is 1. The Kier molecular flexibility index (Phi) is 6.38. The van der Waals surface area contributed by atoms with Crippen molar-refractivity contribution in [1.82, 2.24) is 19.1 Å². The molecule has 59 heavy (non-hydrogen) atoms. The van der Waals surface area contributed by atoms with E-state index in [1.165, 1.54) is 44.2 Å². The molecule has 5 nitrogen and oxygen atoms in total. The molecule has 1 spiro atoms. The molecule has 0 N–H and O–H groups in total. The van der Waals surface area contributed by atoms with Crippen LogP contribution < -0.4 is 0 Å². The van der Waals surface area contributed by atoms with E-state index in [9.17, 15) is 5.26 Å². The smallest absolute Gasteiger partial charge is 0.237 e. The van der Waals surface area contributed by atoms with Crippen molar-refractivity contribution in [2.45, 2.75) is 5.41 Å². The van der Waals surface area contributed by atoms with E-state index in [4.69, 9.17) is 9.97 Å². The summed E-state index contributed by atoms with van der Waals surface area (Å²) in [7, 11) is 0. The fraction of sp³-hybridized carbons (Fsp3) is 0.0185. The molecule has 0 radical (unpaired) electrons. The number of aromatic nitrogens is 4. The SMILES string of the molecule is N#Cc1ccc2c(c1)C1(c3ccccc3-c3ccccc31)c1cc(-c3cc(-n4c5ccccc5c5ccccc54)nc(-n4c5ccccc5c5ccccc54)n3)ccc1-2. The number of fused-ring (bicyclic) bond motifs is 16. The van der Waals surface area contributed by atoms with Crippen molar-refractivity contribution in [1.29, 1.82) is 5.26 Å². The van der Waals surface area contributed by atoms with E-state index in [2.05, 4.69) is 197 Å². The third kappa shape index (κ3) is 4.17. The molecule has 0 saturated heterocycles. The third-order valence-corrected chi connectivity index (χ3v) is 12.8. The Bertz CT molecular complexity index is 3370. The highest BCUT2D eigenvalue weighted by Gasteiger charge is 2.51. The van der Waals surface area contributed by atoms with Crippen LogP contribution >= 0.6 is 0 Å². The first kappa shape index (κ1) is 32.1. The van der Waals surface area contributed by atoms with Crippen LogP contribution in [0, 0.1) is 11.3 Å². The zero-order valence-corrected chi connectivity index (χ0v) is 31.6. The molecule has 3 aromatic heterocycles. The summed E-state index contributed by atoms with van der Waals surface area (Å²) in [6.45, 7) is 0. The zero-order valence-electron chi connectivity index (χ0n) is 31.6. The van der Waals surface area contributed by atoms with Crippen LogP contribution in [0.25, 0.3) is 88.9 Å². The molecule has 13 rings (SSSR count). The summed E-state index contributed by atoms with van der Waals surface area (Å²) in [5, 5.41) is 14.9. The van der Waals surface area contributed by atoms with Crippen molar-refractivity contribution in [2.24, 2.45) is 0 Å². The lowest BCUT2D eigenvalue weighted by atomic mass is 9.70. The van der Waals surface area contributed by atoms with Gasteiger partial charge in [0.25, 0.3) is 0 Å². The largest absolute Gasteiger partial charge is 0.294 e. The lowest BCUT2D eigenvalue weighted by Crippen LogP contribution is -2.26. The standard InChI is InChI=1S/C54H31N5/c55-32-33-25-27-37-38-28-26-34(30-46(38)54(45(37)29-33)43-19-7-1-13-35(43)36-14-2-8-20-44(36)54)47-31-52(58-48-21-9-3-15-39(48)40-16-4-10-22-49(40)58)57-53(56-47)59-50-23-11-5-17-41(50)42-18-6-12-24-51(42)59/h1-31H. The Morgan fingerprint density at radius 3 is 1.42 bits per heavy atom. The van der Waals surface area contributed by atoms with Crippen LogP contribution in [0.5, 0.6) is 0 Å². The predicted molar refractivity (Wildman–Crippen MR) is 237 cm³/mol. The van der Waals surface area contributed by atoms with Gasteiger partial charge in [-0.25, -0.2) is 4.98 Å². The molecule has 0 unspecified atom stereocenters. The second-order valence-electron chi connectivity index (χ2n) is 15.6. The van der Waals surface area contributed by atoms with Crippen molar-refractivity contribution in [2.75, 3.05) is 0 Å². The minimum atomic E-state index is -0.612. The highest BCUT2D eigenvalue weighted by molar-refractivity contribution is 6.10. The Labute approximate surface area is 339 Å². The van der Waals surface area contributed by atoms with Crippen molar-refractivity contribution < 1.29 is 0 Å². The first-order chi connectivity index (χ1) is 29.2. The normalized spacial score (nSPS) is 13.2.